The van der Waals surface area contributed by atoms with E-state index in [0.29, 0.717) is 5.65 Å². The zero-order chi connectivity index (χ0) is 15.9. The molecule has 0 saturated carbocycles. The third-order valence-corrected chi connectivity index (χ3v) is 4.45. The van der Waals surface area contributed by atoms with Gasteiger partial charge in [-0.1, -0.05) is 0 Å². The highest BCUT2D eigenvalue weighted by Gasteiger charge is 2.20. The van der Waals surface area contributed by atoms with Crippen molar-refractivity contribution < 1.29 is 8.42 Å². The highest BCUT2D eigenvalue weighted by atomic mass is 32.2. The molecular formula is C13H16N6O2S. The summed E-state index contributed by atoms with van der Waals surface area (Å²) in [5, 5.41) is 7.78. The lowest BCUT2D eigenvalue weighted by Gasteiger charge is -2.05. The summed E-state index contributed by atoms with van der Waals surface area (Å²) in [6, 6.07) is 3.80. The molecule has 3 rings (SSSR count). The van der Waals surface area contributed by atoms with Crippen molar-refractivity contribution in [3.8, 4) is 0 Å². The largest absolute Gasteiger partial charge is 0.334 e. The number of anilines is 1. The Kier molecular flexibility index (Phi) is 3.36. The van der Waals surface area contributed by atoms with Crippen LogP contribution in [0.2, 0.25) is 0 Å². The molecular weight excluding hydrogens is 304 g/mol. The lowest BCUT2D eigenvalue weighted by atomic mass is 10.3. The van der Waals surface area contributed by atoms with Crippen molar-refractivity contribution in [2.45, 2.75) is 31.8 Å². The van der Waals surface area contributed by atoms with Gasteiger partial charge < -0.3 is 4.57 Å². The number of nitrogens with one attached hydrogen (secondary N) is 1. The van der Waals surface area contributed by atoms with Gasteiger partial charge in [0.15, 0.2) is 10.7 Å². The third-order valence-electron chi connectivity index (χ3n) is 3.24. The second kappa shape index (κ2) is 5.09. The van der Waals surface area contributed by atoms with Crippen LogP contribution in [-0.4, -0.2) is 32.6 Å². The lowest BCUT2D eigenvalue weighted by molar-refractivity contribution is 0.591. The van der Waals surface area contributed by atoms with Gasteiger partial charge in [-0.3, -0.25) is 4.40 Å². The van der Waals surface area contributed by atoms with Gasteiger partial charge in [-0.25, -0.2) is 9.71 Å². The molecule has 0 unspecified atom stereocenters. The average Bonchev–Trinajstić information content (AvgIpc) is 3.06. The van der Waals surface area contributed by atoms with Crippen molar-refractivity contribution in [3.05, 3.63) is 36.4 Å². The summed E-state index contributed by atoms with van der Waals surface area (Å²) in [4.78, 5) is 3.94. The Morgan fingerprint density at radius 2 is 2.05 bits per heavy atom. The standard InChI is InChI=1S/C13H16N6O2S/c1-9(2)18-7-12(14-8-18)22(20,21)17-13-16-15-11-6-10(3)4-5-19(11)13/h4-9H,1-3H3,(H,16,17). The first-order chi connectivity index (χ1) is 10.4. The van der Waals surface area contributed by atoms with Crippen LogP contribution in [0.4, 0.5) is 5.95 Å². The number of rotatable bonds is 4. The van der Waals surface area contributed by atoms with Gasteiger partial charge in [0, 0.05) is 18.4 Å². The molecule has 0 saturated heterocycles. The van der Waals surface area contributed by atoms with Crippen LogP contribution >= 0.6 is 0 Å². The molecule has 0 radical (unpaired) electrons. The Balaban J connectivity index is 1.95. The molecule has 8 nitrogen and oxygen atoms in total. The highest BCUT2D eigenvalue weighted by molar-refractivity contribution is 7.92. The minimum absolute atomic E-state index is 0.0509. The number of hydrogen-bond acceptors (Lipinski definition) is 5. The Hall–Kier alpha value is -2.42. The number of hydrogen-bond donors (Lipinski definition) is 1. The molecule has 1 N–H and O–H groups in total. The van der Waals surface area contributed by atoms with E-state index in [4.69, 9.17) is 0 Å². The molecule has 0 aliphatic heterocycles. The third kappa shape index (κ3) is 2.54. The first-order valence-corrected chi connectivity index (χ1v) is 8.23. The van der Waals surface area contributed by atoms with Crippen LogP contribution < -0.4 is 4.72 Å². The number of fused-ring (bicyclic) bond motifs is 1. The molecule has 3 aromatic heterocycles. The van der Waals surface area contributed by atoms with E-state index in [1.165, 1.54) is 12.5 Å². The van der Waals surface area contributed by atoms with E-state index in [-0.39, 0.29) is 17.0 Å². The fourth-order valence-electron chi connectivity index (χ4n) is 1.97. The van der Waals surface area contributed by atoms with Crippen LogP contribution in [0.15, 0.2) is 35.9 Å². The molecule has 0 amide bonds. The monoisotopic (exact) mass is 320 g/mol. The maximum absolute atomic E-state index is 12.4. The van der Waals surface area contributed by atoms with Crippen LogP contribution in [0.25, 0.3) is 5.65 Å². The van der Waals surface area contributed by atoms with Gasteiger partial charge in [0.2, 0.25) is 5.95 Å². The van der Waals surface area contributed by atoms with Gasteiger partial charge in [0.1, 0.15) is 0 Å². The van der Waals surface area contributed by atoms with Crippen molar-refractivity contribution in [1.29, 1.82) is 0 Å². The second-order valence-electron chi connectivity index (χ2n) is 5.31. The number of pyridine rings is 1. The predicted octanol–water partition coefficient (Wildman–Crippen LogP) is 1.62. The van der Waals surface area contributed by atoms with Gasteiger partial charge in [-0.05, 0) is 38.5 Å². The molecule has 0 atom stereocenters. The van der Waals surface area contributed by atoms with Crippen molar-refractivity contribution in [3.63, 3.8) is 0 Å². The van der Waals surface area contributed by atoms with E-state index >= 15 is 0 Å². The maximum atomic E-state index is 12.4. The van der Waals surface area contributed by atoms with Crippen LogP contribution in [0.3, 0.4) is 0 Å². The van der Waals surface area contributed by atoms with Crippen molar-refractivity contribution in [2.24, 2.45) is 0 Å². The van der Waals surface area contributed by atoms with E-state index in [9.17, 15) is 8.42 Å². The predicted molar refractivity (Wildman–Crippen MR) is 81.1 cm³/mol. The number of nitrogens with zero attached hydrogens (tertiary/aromatic N) is 5. The van der Waals surface area contributed by atoms with Crippen LogP contribution in [0.5, 0.6) is 0 Å². The van der Waals surface area contributed by atoms with Crippen molar-refractivity contribution in [1.82, 2.24) is 24.1 Å². The quantitative estimate of drug-likeness (QED) is 0.788. The van der Waals surface area contributed by atoms with E-state index in [2.05, 4.69) is 19.9 Å². The molecule has 3 aromatic rings. The summed E-state index contributed by atoms with van der Waals surface area (Å²) in [7, 11) is -3.80. The number of aryl methyl sites for hydroxylation is 1. The maximum Gasteiger partial charge on any atom is 0.283 e. The van der Waals surface area contributed by atoms with E-state index in [1.807, 2.05) is 32.9 Å². The summed E-state index contributed by atoms with van der Waals surface area (Å²) >= 11 is 0. The smallest absolute Gasteiger partial charge is 0.283 e. The Morgan fingerprint density at radius 3 is 2.73 bits per heavy atom. The molecule has 0 fully saturated rings. The fourth-order valence-corrected chi connectivity index (χ4v) is 2.90. The lowest BCUT2D eigenvalue weighted by Crippen LogP contribution is -2.15. The normalized spacial score (nSPS) is 12.2. The number of aromatic nitrogens is 5. The summed E-state index contributed by atoms with van der Waals surface area (Å²) in [5.41, 5.74) is 1.59. The molecule has 0 bridgehead atoms. The Labute approximate surface area is 127 Å². The first-order valence-electron chi connectivity index (χ1n) is 6.74. The summed E-state index contributed by atoms with van der Waals surface area (Å²) in [6.07, 6.45) is 4.69. The van der Waals surface area contributed by atoms with Crippen LogP contribution in [-0.2, 0) is 10.0 Å². The Morgan fingerprint density at radius 1 is 1.27 bits per heavy atom. The van der Waals surface area contributed by atoms with Gasteiger partial charge in [-0.15, -0.1) is 10.2 Å². The molecule has 3 heterocycles. The average molecular weight is 320 g/mol. The summed E-state index contributed by atoms with van der Waals surface area (Å²) < 4.78 is 30.5. The van der Waals surface area contributed by atoms with Gasteiger partial charge in [-0.2, -0.15) is 8.42 Å². The molecule has 0 aliphatic rings. The van der Waals surface area contributed by atoms with E-state index in [1.54, 1.807) is 15.2 Å². The van der Waals surface area contributed by atoms with Crippen LogP contribution in [0, 0.1) is 6.92 Å². The van der Waals surface area contributed by atoms with E-state index < -0.39 is 10.0 Å². The number of imidazole rings is 1. The topological polar surface area (TPSA) is 94.2 Å². The molecule has 22 heavy (non-hydrogen) atoms. The zero-order valence-corrected chi connectivity index (χ0v) is 13.2. The van der Waals surface area contributed by atoms with Gasteiger partial charge in [0.25, 0.3) is 10.0 Å². The second-order valence-corrected chi connectivity index (χ2v) is 6.94. The van der Waals surface area contributed by atoms with E-state index in [0.717, 1.165) is 5.56 Å². The SMILES string of the molecule is Cc1ccn2c(NS(=O)(=O)c3cn(C(C)C)cn3)nnc2c1. The molecule has 0 aliphatic carbocycles. The summed E-state index contributed by atoms with van der Waals surface area (Å²) in [5.74, 6) is 0.133. The van der Waals surface area contributed by atoms with Crippen molar-refractivity contribution in [2.75, 3.05) is 4.72 Å². The van der Waals surface area contributed by atoms with Gasteiger partial charge >= 0.3 is 0 Å². The molecule has 0 spiro atoms. The highest BCUT2D eigenvalue weighted by Crippen LogP contribution is 2.16. The summed E-state index contributed by atoms with van der Waals surface area (Å²) in [6.45, 7) is 5.82. The van der Waals surface area contributed by atoms with Crippen molar-refractivity contribution >= 4 is 21.6 Å². The fraction of sp³-hybridized carbons (Fsp3) is 0.308. The zero-order valence-electron chi connectivity index (χ0n) is 12.4. The first kappa shape index (κ1) is 14.5. The minimum atomic E-state index is -3.80. The van der Waals surface area contributed by atoms with Crippen LogP contribution in [0.1, 0.15) is 25.5 Å². The molecule has 116 valence electrons. The molecule has 9 heteroatoms. The van der Waals surface area contributed by atoms with Gasteiger partial charge in [0.05, 0.1) is 6.33 Å². The molecule has 0 aromatic carbocycles. The number of sulfonamides is 1. The minimum Gasteiger partial charge on any atom is -0.334 e. The Bertz CT molecular complexity index is 925.